The molecule has 0 N–H and O–H groups in total. The molecule has 1 heterocycles. The van der Waals surface area contributed by atoms with Crippen LogP contribution in [0.3, 0.4) is 0 Å². The number of hydrogen-bond donors (Lipinski definition) is 0. The van der Waals surface area contributed by atoms with E-state index >= 15 is 0 Å². The summed E-state index contributed by atoms with van der Waals surface area (Å²) < 4.78 is 5.59. The molecule has 0 bridgehead atoms. The topological polar surface area (TPSA) is 12.5 Å². The zero-order valence-corrected chi connectivity index (χ0v) is 6.42. The van der Waals surface area contributed by atoms with Gasteiger partial charge in [0.25, 0.3) is 0 Å². The van der Waals surface area contributed by atoms with Gasteiger partial charge in [0.05, 0.1) is 5.60 Å². The Balaban J connectivity index is 2.23. The van der Waals surface area contributed by atoms with Crippen molar-refractivity contribution in [1.29, 1.82) is 0 Å². The third-order valence-electron chi connectivity index (χ3n) is 2.45. The molecule has 2 aliphatic rings. The second-order valence-electron chi connectivity index (χ2n) is 3.49. The predicted molar refractivity (Wildman–Crippen MR) is 40.8 cm³/mol. The SMILES string of the molecule is CC1(C)OC12C=CC=CC2. The first-order valence-corrected chi connectivity index (χ1v) is 3.71. The van der Waals surface area contributed by atoms with Gasteiger partial charge in [-0.15, -0.1) is 0 Å². The molecule has 1 atom stereocenters. The highest BCUT2D eigenvalue weighted by atomic mass is 16.6. The molecule has 1 aliphatic carbocycles. The van der Waals surface area contributed by atoms with Gasteiger partial charge in [0.1, 0.15) is 5.60 Å². The Morgan fingerprint density at radius 3 is 2.30 bits per heavy atom. The minimum Gasteiger partial charge on any atom is -0.358 e. The van der Waals surface area contributed by atoms with Gasteiger partial charge < -0.3 is 4.74 Å². The van der Waals surface area contributed by atoms with Crippen molar-refractivity contribution in [3.05, 3.63) is 24.3 Å². The van der Waals surface area contributed by atoms with Crippen LogP contribution in [0.4, 0.5) is 0 Å². The van der Waals surface area contributed by atoms with Gasteiger partial charge in [0.2, 0.25) is 0 Å². The van der Waals surface area contributed by atoms with Crippen LogP contribution in [0, 0.1) is 0 Å². The Bertz CT molecular complexity index is 213. The Kier molecular flexibility index (Phi) is 0.948. The Labute approximate surface area is 61.4 Å². The van der Waals surface area contributed by atoms with E-state index in [-0.39, 0.29) is 11.2 Å². The normalized spacial score (nSPS) is 40.6. The summed E-state index contributed by atoms with van der Waals surface area (Å²) in [6.45, 7) is 4.27. The van der Waals surface area contributed by atoms with E-state index in [9.17, 15) is 0 Å². The molecule has 0 aromatic carbocycles. The Morgan fingerprint density at radius 2 is 2.00 bits per heavy atom. The molecular weight excluding hydrogens is 124 g/mol. The third-order valence-corrected chi connectivity index (χ3v) is 2.45. The molecule has 0 aromatic rings. The van der Waals surface area contributed by atoms with Crippen molar-refractivity contribution >= 4 is 0 Å². The van der Waals surface area contributed by atoms with E-state index in [0.29, 0.717) is 0 Å². The lowest BCUT2D eigenvalue weighted by Crippen LogP contribution is -2.17. The van der Waals surface area contributed by atoms with E-state index in [1.807, 2.05) is 0 Å². The summed E-state index contributed by atoms with van der Waals surface area (Å²) in [5, 5.41) is 0. The van der Waals surface area contributed by atoms with Gasteiger partial charge in [-0.05, 0) is 19.9 Å². The van der Waals surface area contributed by atoms with E-state index in [2.05, 4.69) is 38.2 Å². The lowest BCUT2D eigenvalue weighted by molar-refractivity contribution is 0.300. The number of ether oxygens (including phenoxy) is 1. The van der Waals surface area contributed by atoms with E-state index in [4.69, 9.17) is 4.74 Å². The summed E-state index contributed by atoms with van der Waals surface area (Å²) in [6, 6.07) is 0. The van der Waals surface area contributed by atoms with Gasteiger partial charge in [-0.1, -0.05) is 18.2 Å². The fraction of sp³-hybridized carbons (Fsp3) is 0.556. The van der Waals surface area contributed by atoms with Crippen molar-refractivity contribution in [3.63, 3.8) is 0 Å². The number of allylic oxidation sites excluding steroid dienone is 2. The highest BCUT2D eigenvalue weighted by Crippen LogP contribution is 2.52. The van der Waals surface area contributed by atoms with Crippen LogP contribution in [-0.4, -0.2) is 11.2 Å². The van der Waals surface area contributed by atoms with Gasteiger partial charge in [-0.25, -0.2) is 0 Å². The molecule has 10 heavy (non-hydrogen) atoms. The highest BCUT2D eigenvalue weighted by molar-refractivity contribution is 5.30. The van der Waals surface area contributed by atoms with Crippen molar-refractivity contribution in [2.75, 3.05) is 0 Å². The molecule has 1 aliphatic heterocycles. The predicted octanol–water partition coefficient (Wildman–Crippen LogP) is 2.05. The van der Waals surface area contributed by atoms with Crippen molar-refractivity contribution < 1.29 is 4.74 Å². The van der Waals surface area contributed by atoms with Gasteiger partial charge in [-0.2, -0.15) is 0 Å². The lowest BCUT2D eigenvalue weighted by atomic mass is 9.90. The maximum absolute atomic E-state index is 5.59. The van der Waals surface area contributed by atoms with Crippen LogP contribution < -0.4 is 0 Å². The van der Waals surface area contributed by atoms with Crippen LogP contribution in [0.25, 0.3) is 0 Å². The van der Waals surface area contributed by atoms with E-state index in [1.54, 1.807) is 0 Å². The van der Waals surface area contributed by atoms with Crippen molar-refractivity contribution in [2.45, 2.75) is 31.5 Å². The number of epoxide rings is 1. The fourth-order valence-electron chi connectivity index (χ4n) is 1.55. The molecule has 2 rings (SSSR count). The Hall–Kier alpha value is -0.560. The second-order valence-corrected chi connectivity index (χ2v) is 3.49. The quantitative estimate of drug-likeness (QED) is 0.464. The summed E-state index contributed by atoms with van der Waals surface area (Å²) >= 11 is 0. The van der Waals surface area contributed by atoms with E-state index in [0.717, 1.165) is 6.42 Å². The number of rotatable bonds is 0. The van der Waals surface area contributed by atoms with Crippen LogP contribution in [0.1, 0.15) is 20.3 Å². The highest BCUT2D eigenvalue weighted by Gasteiger charge is 2.61. The fourth-order valence-corrected chi connectivity index (χ4v) is 1.55. The first-order chi connectivity index (χ1) is 4.66. The molecule has 1 saturated heterocycles. The van der Waals surface area contributed by atoms with Crippen molar-refractivity contribution in [2.24, 2.45) is 0 Å². The molecule has 0 radical (unpaired) electrons. The zero-order valence-electron chi connectivity index (χ0n) is 6.42. The summed E-state index contributed by atoms with van der Waals surface area (Å²) in [4.78, 5) is 0. The zero-order chi connectivity index (χ0) is 7.24. The maximum atomic E-state index is 5.59. The minimum absolute atomic E-state index is 0.0573. The van der Waals surface area contributed by atoms with Crippen LogP contribution in [0.5, 0.6) is 0 Å². The van der Waals surface area contributed by atoms with Gasteiger partial charge >= 0.3 is 0 Å². The number of hydrogen-bond acceptors (Lipinski definition) is 1. The molecule has 0 aromatic heterocycles. The molecule has 1 fully saturated rings. The summed E-state index contributed by atoms with van der Waals surface area (Å²) in [6.07, 6.45) is 9.50. The molecule has 1 spiro atoms. The Morgan fingerprint density at radius 1 is 1.30 bits per heavy atom. The van der Waals surface area contributed by atoms with E-state index in [1.165, 1.54) is 0 Å². The summed E-state index contributed by atoms with van der Waals surface area (Å²) in [7, 11) is 0. The standard InChI is InChI=1S/C9H12O/c1-8(2)9(10-8)6-4-3-5-7-9/h3-6H,7H2,1-2H3. The minimum atomic E-state index is 0.0573. The van der Waals surface area contributed by atoms with Crippen LogP contribution in [-0.2, 0) is 4.74 Å². The summed E-state index contributed by atoms with van der Waals surface area (Å²) in [5.74, 6) is 0. The molecule has 54 valence electrons. The van der Waals surface area contributed by atoms with Gasteiger partial charge in [-0.3, -0.25) is 0 Å². The largest absolute Gasteiger partial charge is 0.358 e. The average molecular weight is 136 g/mol. The molecule has 1 heteroatoms. The van der Waals surface area contributed by atoms with Gasteiger partial charge in [0, 0.05) is 6.42 Å². The summed E-state index contributed by atoms with van der Waals surface area (Å²) in [5.41, 5.74) is 0.135. The van der Waals surface area contributed by atoms with Crippen LogP contribution >= 0.6 is 0 Å². The second kappa shape index (κ2) is 1.54. The van der Waals surface area contributed by atoms with Crippen LogP contribution in [0.2, 0.25) is 0 Å². The van der Waals surface area contributed by atoms with Crippen LogP contribution in [0.15, 0.2) is 24.3 Å². The third kappa shape index (κ3) is 0.613. The molecule has 1 unspecified atom stereocenters. The van der Waals surface area contributed by atoms with Gasteiger partial charge in [0.15, 0.2) is 0 Å². The molecule has 0 saturated carbocycles. The molecule has 1 nitrogen and oxygen atoms in total. The molecular formula is C9H12O. The van der Waals surface area contributed by atoms with Crippen molar-refractivity contribution in [3.8, 4) is 0 Å². The first kappa shape index (κ1) is 6.17. The average Bonchev–Trinajstić information content (AvgIpc) is 2.36. The van der Waals surface area contributed by atoms with E-state index < -0.39 is 0 Å². The lowest BCUT2D eigenvalue weighted by Gasteiger charge is -2.08. The maximum Gasteiger partial charge on any atom is 0.119 e. The van der Waals surface area contributed by atoms with Crippen molar-refractivity contribution in [1.82, 2.24) is 0 Å². The smallest absolute Gasteiger partial charge is 0.119 e. The molecule has 0 amide bonds. The first-order valence-electron chi connectivity index (χ1n) is 3.71. The monoisotopic (exact) mass is 136 g/mol.